The van der Waals surface area contributed by atoms with E-state index in [1.54, 1.807) is 0 Å². The molecular weight excluding hydrogens is 288 g/mol. The van der Waals surface area contributed by atoms with Gasteiger partial charge in [-0.2, -0.15) is 4.98 Å². The average molecular weight is 302 g/mol. The Bertz CT molecular complexity index is 963. The second-order valence-electron chi connectivity index (χ2n) is 5.24. The minimum Gasteiger partial charge on any atom is -0.339 e. The minimum absolute atomic E-state index is 0.469. The van der Waals surface area contributed by atoms with Crippen LogP contribution >= 0.6 is 0 Å². The van der Waals surface area contributed by atoms with Gasteiger partial charge in [-0.05, 0) is 24.6 Å². The van der Waals surface area contributed by atoms with Crippen LogP contribution in [0, 0.1) is 6.92 Å². The van der Waals surface area contributed by atoms with Gasteiger partial charge in [-0.15, -0.1) is 0 Å². The summed E-state index contributed by atoms with van der Waals surface area (Å²) in [6.45, 7) is 2.05. The van der Waals surface area contributed by atoms with Gasteiger partial charge in [0.25, 0.3) is 5.71 Å². The molecule has 4 rings (SSSR count). The molecule has 0 fully saturated rings. The first-order chi connectivity index (χ1) is 11.3. The summed E-state index contributed by atoms with van der Waals surface area (Å²) in [5.74, 6) is 0.681. The van der Waals surface area contributed by atoms with E-state index in [2.05, 4.69) is 20.4 Å². The molecular formula is C18H14N4O. The zero-order valence-corrected chi connectivity index (χ0v) is 12.5. The number of benzene rings is 2. The molecule has 0 aliphatic carbocycles. The summed E-state index contributed by atoms with van der Waals surface area (Å²) in [4.78, 5) is 8.55. The topological polar surface area (TPSA) is 63.8 Å². The van der Waals surface area contributed by atoms with Crippen molar-refractivity contribution < 1.29 is 4.52 Å². The Hall–Kier alpha value is -3.21. The molecule has 0 amide bonds. The first-order valence-corrected chi connectivity index (χ1v) is 7.31. The molecule has 23 heavy (non-hydrogen) atoms. The van der Waals surface area contributed by atoms with Crippen LogP contribution in [0.2, 0.25) is 0 Å². The van der Waals surface area contributed by atoms with Crippen molar-refractivity contribution in [2.45, 2.75) is 6.92 Å². The highest BCUT2D eigenvalue weighted by Crippen LogP contribution is 2.33. The Morgan fingerprint density at radius 3 is 2.52 bits per heavy atom. The lowest BCUT2D eigenvalue weighted by Crippen LogP contribution is -1.95. The van der Waals surface area contributed by atoms with Gasteiger partial charge in [-0.1, -0.05) is 47.6 Å². The summed E-state index contributed by atoms with van der Waals surface area (Å²) in [5, 5.41) is 8.31. The predicted octanol–water partition coefficient (Wildman–Crippen LogP) is 4.34. The van der Waals surface area contributed by atoms with E-state index >= 15 is 0 Å². The standard InChI is InChI=1S/C18H14N4O/c1-12-7-5-6-10-14(12)16-15-17(19-11-20-18(15)23-22-16)21-13-8-3-2-4-9-13/h2-11H,1H3,(H,19,20,21). The summed E-state index contributed by atoms with van der Waals surface area (Å²) in [7, 11) is 0. The number of nitrogens with zero attached hydrogens (tertiary/aromatic N) is 3. The third-order valence-corrected chi connectivity index (χ3v) is 3.71. The summed E-state index contributed by atoms with van der Waals surface area (Å²) >= 11 is 0. The highest BCUT2D eigenvalue weighted by molar-refractivity contribution is 5.99. The molecule has 5 nitrogen and oxygen atoms in total. The third kappa shape index (κ3) is 2.42. The van der Waals surface area contributed by atoms with Crippen molar-refractivity contribution >= 4 is 22.6 Å². The van der Waals surface area contributed by atoms with Gasteiger partial charge in [-0.25, -0.2) is 4.98 Å². The number of rotatable bonds is 3. The molecule has 0 atom stereocenters. The first-order valence-electron chi connectivity index (χ1n) is 7.31. The van der Waals surface area contributed by atoms with Gasteiger partial charge in [0.15, 0.2) is 0 Å². The average Bonchev–Trinajstić information content (AvgIpc) is 3.01. The van der Waals surface area contributed by atoms with E-state index in [1.165, 1.54) is 6.33 Å². The molecule has 5 heteroatoms. The van der Waals surface area contributed by atoms with Crippen LogP contribution in [0.4, 0.5) is 11.5 Å². The fourth-order valence-corrected chi connectivity index (χ4v) is 2.56. The van der Waals surface area contributed by atoms with Gasteiger partial charge in [0.1, 0.15) is 23.2 Å². The van der Waals surface area contributed by atoms with Crippen LogP contribution in [0.25, 0.3) is 22.4 Å². The van der Waals surface area contributed by atoms with Crippen molar-refractivity contribution in [3.8, 4) is 11.3 Å². The maximum atomic E-state index is 5.40. The molecule has 0 saturated heterocycles. The van der Waals surface area contributed by atoms with Crippen LogP contribution in [0.5, 0.6) is 0 Å². The van der Waals surface area contributed by atoms with Crippen LogP contribution in [0.15, 0.2) is 65.4 Å². The molecule has 0 aliphatic heterocycles. The lowest BCUT2D eigenvalue weighted by Gasteiger charge is -2.07. The van der Waals surface area contributed by atoms with E-state index in [4.69, 9.17) is 4.52 Å². The monoisotopic (exact) mass is 302 g/mol. The number of nitrogens with one attached hydrogen (secondary N) is 1. The normalized spacial score (nSPS) is 10.8. The van der Waals surface area contributed by atoms with Crippen LogP contribution in [-0.4, -0.2) is 15.1 Å². The predicted molar refractivity (Wildman–Crippen MR) is 89.5 cm³/mol. The Kier molecular flexibility index (Phi) is 3.24. The maximum Gasteiger partial charge on any atom is 0.263 e. The van der Waals surface area contributed by atoms with Gasteiger partial charge >= 0.3 is 0 Å². The molecule has 0 spiro atoms. The summed E-state index contributed by atoms with van der Waals surface area (Å²) in [6, 6.07) is 17.9. The maximum absolute atomic E-state index is 5.40. The van der Waals surface area contributed by atoms with Crippen molar-refractivity contribution in [2.24, 2.45) is 0 Å². The molecule has 0 saturated carbocycles. The molecule has 2 aromatic carbocycles. The summed E-state index contributed by atoms with van der Waals surface area (Å²) in [5.41, 5.74) is 4.30. The molecule has 0 aliphatic rings. The fraction of sp³-hybridized carbons (Fsp3) is 0.0556. The van der Waals surface area contributed by atoms with E-state index in [-0.39, 0.29) is 0 Å². The Labute approximate surface area is 133 Å². The highest BCUT2D eigenvalue weighted by atomic mass is 16.5. The summed E-state index contributed by atoms with van der Waals surface area (Å²) < 4.78 is 5.40. The molecule has 4 aromatic rings. The van der Waals surface area contributed by atoms with E-state index in [1.807, 2.05) is 61.5 Å². The van der Waals surface area contributed by atoms with Crippen LogP contribution < -0.4 is 5.32 Å². The molecule has 0 radical (unpaired) electrons. The minimum atomic E-state index is 0.469. The van der Waals surface area contributed by atoms with Gasteiger partial charge in [0, 0.05) is 11.3 Å². The van der Waals surface area contributed by atoms with Crippen molar-refractivity contribution in [1.29, 1.82) is 0 Å². The van der Waals surface area contributed by atoms with Crippen molar-refractivity contribution in [3.05, 3.63) is 66.5 Å². The van der Waals surface area contributed by atoms with E-state index in [0.29, 0.717) is 11.5 Å². The first kappa shape index (κ1) is 13.5. The zero-order valence-electron chi connectivity index (χ0n) is 12.5. The SMILES string of the molecule is Cc1ccccc1-c1noc2ncnc(Nc3ccccc3)c12. The quantitative estimate of drug-likeness (QED) is 0.610. The largest absolute Gasteiger partial charge is 0.339 e. The molecule has 0 bridgehead atoms. The second kappa shape index (κ2) is 5.53. The Morgan fingerprint density at radius 2 is 1.70 bits per heavy atom. The number of hydrogen-bond acceptors (Lipinski definition) is 5. The van der Waals surface area contributed by atoms with Crippen molar-refractivity contribution in [2.75, 3.05) is 5.32 Å². The highest BCUT2D eigenvalue weighted by Gasteiger charge is 2.17. The van der Waals surface area contributed by atoms with Crippen LogP contribution in [0.1, 0.15) is 5.56 Å². The number of fused-ring (bicyclic) bond motifs is 1. The van der Waals surface area contributed by atoms with Crippen LogP contribution in [0.3, 0.4) is 0 Å². The van der Waals surface area contributed by atoms with E-state index in [9.17, 15) is 0 Å². The van der Waals surface area contributed by atoms with Gasteiger partial charge in [-0.3, -0.25) is 0 Å². The van der Waals surface area contributed by atoms with Gasteiger partial charge in [0.2, 0.25) is 0 Å². The molecule has 1 N–H and O–H groups in total. The second-order valence-corrected chi connectivity index (χ2v) is 5.24. The van der Waals surface area contributed by atoms with Crippen LogP contribution in [-0.2, 0) is 0 Å². The van der Waals surface area contributed by atoms with E-state index in [0.717, 1.165) is 27.9 Å². The number of aromatic nitrogens is 3. The fourth-order valence-electron chi connectivity index (χ4n) is 2.56. The number of para-hydroxylation sites is 1. The lowest BCUT2D eigenvalue weighted by atomic mass is 10.0. The molecule has 0 unspecified atom stereocenters. The third-order valence-electron chi connectivity index (χ3n) is 3.71. The number of anilines is 2. The zero-order chi connectivity index (χ0) is 15.6. The molecule has 2 aromatic heterocycles. The van der Waals surface area contributed by atoms with E-state index < -0.39 is 0 Å². The number of hydrogen-bond donors (Lipinski definition) is 1. The van der Waals surface area contributed by atoms with Gasteiger partial charge < -0.3 is 9.84 Å². The Balaban J connectivity index is 1.89. The Morgan fingerprint density at radius 1 is 0.913 bits per heavy atom. The van der Waals surface area contributed by atoms with Crippen molar-refractivity contribution in [3.63, 3.8) is 0 Å². The molecule has 112 valence electrons. The molecule has 2 heterocycles. The number of aryl methyl sites for hydroxylation is 1. The lowest BCUT2D eigenvalue weighted by molar-refractivity contribution is 0.451. The van der Waals surface area contributed by atoms with Gasteiger partial charge in [0.05, 0.1) is 0 Å². The summed E-state index contributed by atoms with van der Waals surface area (Å²) in [6.07, 6.45) is 1.47. The smallest absolute Gasteiger partial charge is 0.263 e. The van der Waals surface area contributed by atoms with Crippen molar-refractivity contribution in [1.82, 2.24) is 15.1 Å².